The molecule has 0 aliphatic rings. The lowest BCUT2D eigenvalue weighted by molar-refractivity contribution is -0.142. The maximum absolute atomic E-state index is 13.1. The van der Waals surface area contributed by atoms with Crippen molar-refractivity contribution in [2.24, 2.45) is 5.41 Å². The quantitative estimate of drug-likeness (QED) is 0.582. The Morgan fingerprint density at radius 1 is 1.19 bits per heavy atom. The minimum atomic E-state index is -0.730. The second-order valence-corrected chi connectivity index (χ2v) is 8.12. The second kappa shape index (κ2) is 8.63. The van der Waals surface area contributed by atoms with Gasteiger partial charge in [-0.05, 0) is 44.9 Å². The molecule has 0 bridgehead atoms. The molecule has 0 saturated carbocycles. The molecule has 0 aliphatic carbocycles. The molecule has 0 aliphatic heterocycles. The molecule has 0 fully saturated rings. The van der Waals surface area contributed by atoms with Crippen molar-refractivity contribution in [1.82, 2.24) is 14.5 Å². The van der Waals surface area contributed by atoms with E-state index >= 15 is 0 Å². The fourth-order valence-electron chi connectivity index (χ4n) is 2.95. The van der Waals surface area contributed by atoms with Crippen molar-refractivity contribution in [3.05, 3.63) is 52.1 Å². The van der Waals surface area contributed by atoms with E-state index in [0.717, 1.165) is 5.56 Å². The number of hydrogen-bond acceptors (Lipinski definition) is 7. The highest BCUT2D eigenvalue weighted by Crippen LogP contribution is 2.32. The summed E-state index contributed by atoms with van der Waals surface area (Å²) in [6.07, 6.45) is 2.01. The van der Waals surface area contributed by atoms with Gasteiger partial charge in [0.05, 0.1) is 24.4 Å². The van der Waals surface area contributed by atoms with Crippen LogP contribution in [0.5, 0.6) is 5.75 Å². The van der Waals surface area contributed by atoms with E-state index in [2.05, 4.69) is 15.3 Å². The van der Waals surface area contributed by atoms with Gasteiger partial charge in [0, 0.05) is 13.6 Å². The molecule has 2 heterocycles. The summed E-state index contributed by atoms with van der Waals surface area (Å²) in [6, 6.07) is 6.99. The summed E-state index contributed by atoms with van der Waals surface area (Å²) in [6.45, 7) is 5.59. The van der Waals surface area contributed by atoms with Crippen molar-refractivity contribution in [2.45, 2.75) is 33.7 Å². The highest BCUT2D eigenvalue weighted by atomic mass is 16.5. The molecule has 0 atom stereocenters. The number of nitrogens with one attached hydrogen (secondary N) is 2. The van der Waals surface area contributed by atoms with Crippen molar-refractivity contribution >= 4 is 28.8 Å². The average molecular weight is 426 g/mol. The summed E-state index contributed by atoms with van der Waals surface area (Å²) in [7, 11) is 3.00. The molecule has 0 saturated heterocycles. The number of aryl methyl sites for hydroxylation is 2. The van der Waals surface area contributed by atoms with Crippen molar-refractivity contribution < 1.29 is 19.1 Å². The van der Waals surface area contributed by atoms with Gasteiger partial charge in [-0.1, -0.05) is 12.1 Å². The predicted octanol–water partition coefficient (Wildman–Crippen LogP) is 2.75. The topological polar surface area (TPSA) is 115 Å². The first-order valence-corrected chi connectivity index (χ1v) is 9.84. The van der Waals surface area contributed by atoms with Crippen molar-refractivity contribution in [3.63, 3.8) is 0 Å². The lowest BCUT2D eigenvalue weighted by Gasteiger charge is -2.16. The van der Waals surface area contributed by atoms with Crippen LogP contribution in [-0.4, -0.2) is 40.6 Å². The van der Waals surface area contributed by atoms with E-state index < -0.39 is 17.4 Å². The third kappa shape index (κ3) is 4.60. The Labute approximate surface area is 179 Å². The van der Waals surface area contributed by atoms with Gasteiger partial charge in [-0.3, -0.25) is 14.2 Å². The van der Waals surface area contributed by atoms with E-state index in [1.54, 1.807) is 40.0 Å². The molecular weight excluding hydrogens is 400 g/mol. The molecule has 0 spiro atoms. The molecule has 0 unspecified atom stereocenters. The average Bonchev–Trinajstić information content (AvgIpc) is 3.10. The number of carbonyl (C=O) groups is 2. The number of anilines is 1. The summed E-state index contributed by atoms with van der Waals surface area (Å²) >= 11 is 0. The predicted molar refractivity (Wildman–Crippen MR) is 116 cm³/mol. The number of benzene rings is 1. The Morgan fingerprint density at radius 3 is 2.45 bits per heavy atom. The molecule has 3 aromatic rings. The summed E-state index contributed by atoms with van der Waals surface area (Å²) in [5.41, 5.74) is 0.703. The van der Waals surface area contributed by atoms with Crippen LogP contribution in [0.1, 0.15) is 36.7 Å². The number of aromatic nitrogens is 3. The van der Waals surface area contributed by atoms with E-state index in [9.17, 15) is 14.4 Å². The molecule has 9 nitrogen and oxygen atoms in total. The third-order valence-corrected chi connectivity index (χ3v) is 4.81. The first kappa shape index (κ1) is 22.1. The van der Waals surface area contributed by atoms with Crippen LogP contribution < -0.4 is 15.6 Å². The molecule has 1 aromatic carbocycles. The summed E-state index contributed by atoms with van der Waals surface area (Å²) in [4.78, 5) is 44.4. The minimum Gasteiger partial charge on any atom is -0.465 e. The number of H-pyrrole nitrogens is 1. The fraction of sp³-hybridized carbons (Fsp3) is 0.364. The van der Waals surface area contributed by atoms with Gasteiger partial charge in [0.2, 0.25) is 0 Å². The number of methoxy groups -OCH3 is 1. The van der Waals surface area contributed by atoms with Crippen LogP contribution in [-0.2, 0) is 22.5 Å². The molecule has 0 radical (unpaired) electrons. The molecule has 2 aromatic heterocycles. The summed E-state index contributed by atoms with van der Waals surface area (Å²) < 4.78 is 11.7. The molecule has 3 rings (SSSR count). The minimum absolute atomic E-state index is 0.145. The Hall–Kier alpha value is -3.62. The Morgan fingerprint density at radius 2 is 1.87 bits per heavy atom. The van der Waals surface area contributed by atoms with E-state index in [-0.39, 0.29) is 16.7 Å². The van der Waals surface area contributed by atoms with E-state index in [4.69, 9.17) is 9.47 Å². The van der Waals surface area contributed by atoms with Gasteiger partial charge in [-0.25, -0.2) is 9.78 Å². The van der Waals surface area contributed by atoms with Crippen LogP contribution in [0.3, 0.4) is 0 Å². The maximum Gasteiger partial charge on any atom is 0.337 e. The lowest BCUT2D eigenvalue weighted by atomic mass is 9.97. The molecule has 164 valence electrons. The number of ether oxygens (including phenoxy) is 2. The Bertz CT molecular complexity index is 1170. The SMILES string of the molecule is CNc1[nH]c2ncn(CCc3ccc(C(=O)OC)cc3)c(=O)c2c1OC(=O)C(C)(C)C. The maximum atomic E-state index is 13.1. The number of hydrogen-bond donors (Lipinski definition) is 2. The van der Waals surface area contributed by atoms with Crippen LogP contribution in [0.4, 0.5) is 5.82 Å². The zero-order chi connectivity index (χ0) is 22.8. The van der Waals surface area contributed by atoms with Crippen molar-refractivity contribution in [1.29, 1.82) is 0 Å². The highest BCUT2D eigenvalue weighted by molar-refractivity contribution is 5.93. The number of aromatic amines is 1. The van der Waals surface area contributed by atoms with Gasteiger partial charge in [0.25, 0.3) is 5.56 Å². The smallest absolute Gasteiger partial charge is 0.337 e. The lowest BCUT2D eigenvalue weighted by Crippen LogP contribution is -2.27. The first-order chi connectivity index (χ1) is 14.7. The molecule has 31 heavy (non-hydrogen) atoms. The molecule has 9 heteroatoms. The van der Waals surface area contributed by atoms with Gasteiger partial charge in [-0.15, -0.1) is 0 Å². The van der Waals surface area contributed by atoms with Crippen LogP contribution in [0, 0.1) is 5.41 Å². The number of rotatable bonds is 6. The van der Waals surface area contributed by atoms with E-state index in [0.29, 0.717) is 30.0 Å². The van der Waals surface area contributed by atoms with Gasteiger partial charge in [-0.2, -0.15) is 0 Å². The number of nitrogens with zero attached hydrogens (tertiary/aromatic N) is 2. The molecule has 0 amide bonds. The van der Waals surface area contributed by atoms with Crippen LogP contribution in [0.2, 0.25) is 0 Å². The van der Waals surface area contributed by atoms with Gasteiger partial charge >= 0.3 is 11.9 Å². The third-order valence-electron chi connectivity index (χ3n) is 4.81. The number of fused-ring (bicyclic) bond motifs is 1. The monoisotopic (exact) mass is 426 g/mol. The standard InChI is InChI=1S/C22H26N4O5/c1-22(2,3)21(29)31-16-15-17(25-18(16)23-4)24-12-26(19(15)27)11-10-13-6-8-14(9-7-13)20(28)30-5/h6-9,12,23,25H,10-11H2,1-5H3. The summed E-state index contributed by atoms with van der Waals surface area (Å²) in [5.74, 6) is -0.298. The first-order valence-electron chi connectivity index (χ1n) is 9.84. The number of carbonyl (C=O) groups excluding carboxylic acids is 2. The van der Waals surface area contributed by atoms with Crippen LogP contribution in [0.25, 0.3) is 11.0 Å². The van der Waals surface area contributed by atoms with Crippen LogP contribution >= 0.6 is 0 Å². The van der Waals surface area contributed by atoms with E-state index in [1.807, 2.05) is 12.1 Å². The van der Waals surface area contributed by atoms with E-state index in [1.165, 1.54) is 18.0 Å². The normalized spacial score (nSPS) is 11.4. The molecular formula is C22H26N4O5. The van der Waals surface area contributed by atoms with Gasteiger partial charge in [0.1, 0.15) is 16.9 Å². The van der Waals surface area contributed by atoms with Crippen molar-refractivity contribution in [3.8, 4) is 5.75 Å². The Balaban J connectivity index is 1.89. The van der Waals surface area contributed by atoms with Crippen LogP contribution in [0.15, 0.2) is 35.4 Å². The molecule has 2 N–H and O–H groups in total. The zero-order valence-electron chi connectivity index (χ0n) is 18.2. The van der Waals surface area contributed by atoms with Gasteiger partial charge in [0.15, 0.2) is 5.75 Å². The Kier molecular flexibility index (Phi) is 6.14. The largest absolute Gasteiger partial charge is 0.465 e. The summed E-state index contributed by atoms with van der Waals surface area (Å²) in [5, 5.41) is 3.12. The number of esters is 2. The second-order valence-electron chi connectivity index (χ2n) is 8.12. The highest BCUT2D eigenvalue weighted by Gasteiger charge is 2.28. The zero-order valence-corrected chi connectivity index (χ0v) is 18.2. The van der Waals surface area contributed by atoms with Gasteiger partial charge < -0.3 is 19.8 Å². The van der Waals surface area contributed by atoms with Crippen molar-refractivity contribution in [2.75, 3.05) is 19.5 Å². The fourth-order valence-corrected chi connectivity index (χ4v) is 2.95.